The fourth-order valence-electron chi connectivity index (χ4n) is 3.91. The minimum absolute atomic E-state index is 0.0777. The summed E-state index contributed by atoms with van der Waals surface area (Å²) >= 11 is 1.57. The van der Waals surface area contributed by atoms with E-state index in [-0.39, 0.29) is 16.7 Å². The highest BCUT2D eigenvalue weighted by Crippen LogP contribution is 2.34. The molecule has 0 aliphatic carbocycles. The fraction of sp³-hybridized carbons (Fsp3) is 0.435. The lowest BCUT2D eigenvalue weighted by Crippen LogP contribution is -2.47. The molecule has 1 atom stereocenters. The standard InChI is InChI=1S/C23H30N4O3S2/c1-18-17-31-22-9-8-20(16-21(22)25-23(18)28)32(29,30)24-10-5-11-26-12-14-27(15-13-26)19-6-3-2-4-7-19/h2-4,6-9,16,18,24H,5,10-15,17H2,1H3,(H,25,28)/t18-/m1/s1. The van der Waals surface area contributed by atoms with Crippen LogP contribution in [0.3, 0.4) is 0 Å². The van der Waals surface area contributed by atoms with Gasteiger partial charge in [-0.05, 0) is 43.3 Å². The van der Waals surface area contributed by atoms with Crippen molar-refractivity contribution in [1.82, 2.24) is 9.62 Å². The average molecular weight is 475 g/mol. The quantitative estimate of drug-likeness (QED) is 0.601. The van der Waals surface area contributed by atoms with E-state index in [1.165, 1.54) is 5.69 Å². The van der Waals surface area contributed by atoms with Crippen molar-refractivity contribution in [1.29, 1.82) is 0 Å². The highest BCUT2D eigenvalue weighted by Gasteiger charge is 2.23. The average Bonchev–Trinajstić information content (AvgIpc) is 2.95. The number of anilines is 2. The third kappa shape index (κ3) is 5.64. The second kappa shape index (κ2) is 10.2. The maximum absolute atomic E-state index is 12.7. The summed E-state index contributed by atoms with van der Waals surface area (Å²) in [6, 6.07) is 15.4. The molecule has 172 valence electrons. The number of sulfonamides is 1. The van der Waals surface area contributed by atoms with E-state index in [4.69, 9.17) is 0 Å². The zero-order chi connectivity index (χ0) is 22.6. The summed E-state index contributed by atoms with van der Waals surface area (Å²) in [6.45, 7) is 7.02. The van der Waals surface area contributed by atoms with Gasteiger partial charge in [-0.2, -0.15) is 0 Å². The molecule has 0 radical (unpaired) electrons. The number of amides is 1. The highest BCUT2D eigenvalue weighted by molar-refractivity contribution is 7.99. The van der Waals surface area contributed by atoms with E-state index in [1.54, 1.807) is 30.0 Å². The van der Waals surface area contributed by atoms with Crippen molar-refractivity contribution in [3.8, 4) is 0 Å². The molecule has 0 spiro atoms. The van der Waals surface area contributed by atoms with Crippen LogP contribution in [0.1, 0.15) is 13.3 Å². The van der Waals surface area contributed by atoms with E-state index in [9.17, 15) is 13.2 Å². The molecule has 1 fully saturated rings. The molecule has 0 bridgehead atoms. The Kier molecular flexibility index (Phi) is 7.40. The number of benzene rings is 2. The van der Waals surface area contributed by atoms with E-state index in [2.05, 4.69) is 44.1 Å². The number of carbonyl (C=O) groups excluding carboxylic acids is 1. The summed E-state index contributed by atoms with van der Waals surface area (Å²) in [6.07, 6.45) is 0.750. The zero-order valence-electron chi connectivity index (χ0n) is 18.3. The number of hydrogen-bond acceptors (Lipinski definition) is 6. The van der Waals surface area contributed by atoms with Crippen molar-refractivity contribution < 1.29 is 13.2 Å². The Labute approximate surface area is 194 Å². The smallest absolute Gasteiger partial charge is 0.240 e. The lowest BCUT2D eigenvalue weighted by atomic mass is 10.2. The number of thioether (sulfide) groups is 1. The SMILES string of the molecule is C[C@@H]1CSc2ccc(S(=O)(=O)NCCCN3CCN(c4ccccc4)CC3)cc2NC1=O. The highest BCUT2D eigenvalue weighted by atomic mass is 32.2. The molecule has 4 rings (SSSR count). The van der Waals surface area contributed by atoms with Gasteiger partial charge >= 0.3 is 0 Å². The fourth-order valence-corrected chi connectivity index (χ4v) is 6.02. The number of nitrogens with zero attached hydrogens (tertiary/aromatic N) is 2. The summed E-state index contributed by atoms with van der Waals surface area (Å²) in [5.74, 6) is 0.495. The Morgan fingerprint density at radius 2 is 1.84 bits per heavy atom. The monoisotopic (exact) mass is 474 g/mol. The van der Waals surface area contributed by atoms with Gasteiger partial charge in [0.2, 0.25) is 15.9 Å². The Morgan fingerprint density at radius 1 is 1.09 bits per heavy atom. The first-order valence-electron chi connectivity index (χ1n) is 11.0. The van der Waals surface area contributed by atoms with E-state index in [0.717, 1.165) is 44.0 Å². The third-order valence-corrected chi connectivity index (χ3v) is 8.68. The molecule has 2 aliphatic heterocycles. The van der Waals surface area contributed by atoms with Gasteiger partial charge < -0.3 is 10.2 Å². The summed E-state index contributed by atoms with van der Waals surface area (Å²) < 4.78 is 28.2. The summed E-state index contributed by atoms with van der Waals surface area (Å²) in [4.78, 5) is 17.9. The van der Waals surface area contributed by atoms with Gasteiger partial charge in [0.1, 0.15) is 0 Å². The van der Waals surface area contributed by atoms with Gasteiger partial charge in [0, 0.05) is 55.0 Å². The van der Waals surface area contributed by atoms with E-state index < -0.39 is 10.0 Å². The van der Waals surface area contributed by atoms with Crippen molar-refractivity contribution in [3.63, 3.8) is 0 Å². The minimum atomic E-state index is -3.62. The van der Waals surface area contributed by atoms with Crippen LogP contribution >= 0.6 is 11.8 Å². The molecule has 2 aromatic rings. The number of piperazine rings is 1. The van der Waals surface area contributed by atoms with Crippen molar-refractivity contribution in [3.05, 3.63) is 48.5 Å². The van der Waals surface area contributed by atoms with Crippen LogP contribution in [0.5, 0.6) is 0 Å². The minimum Gasteiger partial charge on any atom is -0.369 e. The maximum atomic E-state index is 12.7. The van der Waals surface area contributed by atoms with E-state index in [0.29, 0.717) is 18.0 Å². The van der Waals surface area contributed by atoms with E-state index in [1.807, 2.05) is 13.0 Å². The van der Waals surface area contributed by atoms with Crippen molar-refractivity contribution in [2.75, 3.05) is 55.2 Å². The van der Waals surface area contributed by atoms with E-state index >= 15 is 0 Å². The first-order valence-corrected chi connectivity index (χ1v) is 13.5. The number of carbonyl (C=O) groups is 1. The molecule has 2 aliphatic rings. The van der Waals surface area contributed by atoms with Gasteiger partial charge in [0.05, 0.1) is 10.6 Å². The molecule has 1 amide bonds. The molecule has 1 saturated heterocycles. The molecule has 2 heterocycles. The molecule has 2 aromatic carbocycles. The molecular formula is C23H30N4O3S2. The van der Waals surface area contributed by atoms with Crippen LogP contribution in [0.4, 0.5) is 11.4 Å². The van der Waals surface area contributed by atoms with Crippen molar-refractivity contribution in [2.45, 2.75) is 23.1 Å². The van der Waals surface area contributed by atoms with Crippen LogP contribution in [0.2, 0.25) is 0 Å². The first kappa shape index (κ1) is 23.1. The molecular weight excluding hydrogens is 444 g/mol. The van der Waals surface area contributed by atoms with Crippen LogP contribution in [0, 0.1) is 5.92 Å². The Hall–Kier alpha value is -2.07. The summed E-state index contributed by atoms with van der Waals surface area (Å²) in [5, 5.41) is 2.85. The van der Waals surface area contributed by atoms with Crippen molar-refractivity contribution in [2.24, 2.45) is 5.92 Å². The van der Waals surface area contributed by atoms with Crippen LogP contribution in [0.15, 0.2) is 58.3 Å². The van der Waals surface area contributed by atoms with Crippen molar-refractivity contribution >= 4 is 39.1 Å². The summed E-state index contributed by atoms with van der Waals surface area (Å²) in [7, 11) is -3.62. The van der Waals surface area contributed by atoms with Gasteiger partial charge in [-0.1, -0.05) is 25.1 Å². The maximum Gasteiger partial charge on any atom is 0.240 e. The third-order valence-electron chi connectivity index (χ3n) is 5.89. The molecule has 2 N–H and O–H groups in total. The predicted octanol–water partition coefficient (Wildman–Crippen LogP) is 2.86. The molecule has 0 unspecified atom stereocenters. The van der Waals surface area contributed by atoms with Crippen LogP contribution in [-0.2, 0) is 14.8 Å². The number of fused-ring (bicyclic) bond motifs is 1. The number of nitrogens with one attached hydrogen (secondary N) is 2. The lowest BCUT2D eigenvalue weighted by molar-refractivity contribution is -0.118. The molecule has 32 heavy (non-hydrogen) atoms. The lowest BCUT2D eigenvalue weighted by Gasteiger charge is -2.36. The molecule has 9 heteroatoms. The Morgan fingerprint density at radius 3 is 2.59 bits per heavy atom. The second-order valence-corrected chi connectivity index (χ2v) is 11.1. The van der Waals surface area contributed by atoms with Gasteiger partial charge in [-0.3, -0.25) is 9.69 Å². The zero-order valence-corrected chi connectivity index (χ0v) is 19.9. The van der Waals surface area contributed by atoms with Gasteiger partial charge in [-0.25, -0.2) is 13.1 Å². The van der Waals surface area contributed by atoms with Crippen LogP contribution < -0.4 is 14.9 Å². The predicted molar refractivity (Wildman–Crippen MR) is 130 cm³/mol. The number of para-hydroxylation sites is 1. The topological polar surface area (TPSA) is 81.8 Å². The number of rotatable bonds is 7. The van der Waals surface area contributed by atoms with Crippen LogP contribution in [-0.4, -0.2) is 64.2 Å². The van der Waals surface area contributed by atoms with Gasteiger partial charge in [-0.15, -0.1) is 11.8 Å². The first-order chi connectivity index (χ1) is 15.4. The second-order valence-electron chi connectivity index (χ2n) is 8.27. The molecule has 0 saturated carbocycles. The molecule has 0 aromatic heterocycles. The van der Waals surface area contributed by atoms with Gasteiger partial charge in [0.25, 0.3) is 0 Å². The Bertz CT molecular complexity index is 1040. The summed E-state index contributed by atoms with van der Waals surface area (Å²) in [5.41, 5.74) is 1.83. The van der Waals surface area contributed by atoms with Crippen LogP contribution in [0.25, 0.3) is 0 Å². The Balaban J connectivity index is 1.25. The van der Waals surface area contributed by atoms with Gasteiger partial charge in [0.15, 0.2) is 0 Å². The number of hydrogen-bond donors (Lipinski definition) is 2. The molecule has 7 nitrogen and oxygen atoms in total. The largest absolute Gasteiger partial charge is 0.369 e. The normalized spacial score (nSPS) is 19.8.